The van der Waals surface area contributed by atoms with Crippen LogP contribution >= 0.6 is 0 Å². The zero-order valence-electron chi connectivity index (χ0n) is 9.28. The molecule has 0 aromatic heterocycles. The number of hydrogen-bond acceptors (Lipinski definition) is 2. The van der Waals surface area contributed by atoms with Crippen LogP contribution in [0.25, 0.3) is 0 Å². The second kappa shape index (κ2) is 4.77. The maximum absolute atomic E-state index is 6.25. The average molecular weight is 205 g/mol. The smallest absolute Gasteiger partial charge is 0.0767 e. The minimum atomic E-state index is 0.0338. The molecule has 1 fully saturated rings. The van der Waals surface area contributed by atoms with Crippen molar-refractivity contribution in [2.24, 2.45) is 5.73 Å². The number of benzene rings is 1. The number of aryl methyl sites for hydroxylation is 1. The van der Waals surface area contributed by atoms with Crippen LogP contribution in [0, 0.1) is 6.92 Å². The van der Waals surface area contributed by atoms with E-state index in [0.29, 0.717) is 0 Å². The molecule has 2 unspecified atom stereocenters. The average Bonchev–Trinajstić information content (AvgIpc) is 2.30. The van der Waals surface area contributed by atoms with Crippen LogP contribution in [0.5, 0.6) is 0 Å². The van der Waals surface area contributed by atoms with E-state index in [1.165, 1.54) is 24.0 Å². The Morgan fingerprint density at radius 3 is 2.80 bits per heavy atom. The largest absolute Gasteiger partial charge is 0.376 e. The van der Waals surface area contributed by atoms with E-state index in [1.807, 2.05) is 12.1 Å². The van der Waals surface area contributed by atoms with Crippen LogP contribution in [0.15, 0.2) is 24.3 Å². The molecule has 1 aromatic carbocycles. The molecular weight excluding hydrogens is 186 g/mol. The first kappa shape index (κ1) is 10.7. The number of rotatable bonds is 2. The Kier molecular flexibility index (Phi) is 3.39. The number of nitrogens with two attached hydrogens (primary N) is 1. The standard InChI is InChI=1S/C13H19NO/c1-10-6-2-3-7-11(10)13(14)12-8-4-5-9-15-12/h2-3,6-7,12-13H,4-5,8-9,14H2,1H3. The third-order valence-corrected chi connectivity index (χ3v) is 3.16. The zero-order chi connectivity index (χ0) is 10.7. The molecule has 2 atom stereocenters. The van der Waals surface area contributed by atoms with E-state index in [-0.39, 0.29) is 12.1 Å². The molecule has 1 aliphatic rings. The van der Waals surface area contributed by atoms with Crippen molar-refractivity contribution >= 4 is 0 Å². The van der Waals surface area contributed by atoms with Gasteiger partial charge < -0.3 is 10.5 Å². The number of hydrogen-bond donors (Lipinski definition) is 1. The first-order valence-electron chi connectivity index (χ1n) is 5.72. The Labute approximate surface area is 91.4 Å². The van der Waals surface area contributed by atoms with Gasteiger partial charge in [-0.25, -0.2) is 0 Å². The van der Waals surface area contributed by atoms with E-state index in [9.17, 15) is 0 Å². The quantitative estimate of drug-likeness (QED) is 0.805. The van der Waals surface area contributed by atoms with E-state index in [4.69, 9.17) is 10.5 Å². The molecule has 0 amide bonds. The molecule has 1 heterocycles. The van der Waals surface area contributed by atoms with E-state index in [1.54, 1.807) is 0 Å². The molecule has 82 valence electrons. The first-order valence-corrected chi connectivity index (χ1v) is 5.72. The molecule has 0 bridgehead atoms. The third-order valence-electron chi connectivity index (χ3n) is 3.16. The molecule has 1 saturated heterocycles. The Bertz CT molecular complexity index is 318. The summed E-state index contributed by atoms with van der Waals surface area (Å²) in [5.74, 6) is 0. The highest BCUT2D eigenvalue weighted by atomic mass is 16.5. The van der Waals surface area contributed by atoms with Gasteiger partial charge >= 0.3 is 0 Å². The fourth-order valence-corrected chi connectivity index (χ4v) is 2.21. The zero-order valence-corrected chi connectivity index (χ0v) is 9.28. The third kappa shape index (κ3) is 2.39. The van der Waals surface area contributed by atoms with Gasteiger partial charge in [0.1, 0.15) is 0 Å². The minimum absolute atomic E-state index is 0.0338. The lowest BCUT2D eigenvalue weighted by atomic mass is 9.94. The summed E-state index contributed by atoms with van der Waals surface area (Å²) in [4.78, 5) is 0. The monoisotopic (exact) mass is 205 g/mol. The molecule has 0 spiro atoms. The molecule has 0 aliphatic carbocycles. The van der Waals surface area contributed by atoms with Crippen LogP contribution in [0.3, 0.4) is 0 Å². The molecule has 1 aliphatic heterocycles. The summed E-state index contributed by atoms with van der Waals surface area (Å²) in [5, 5.41) is 0. The van der Waals surface area contributed by atoms with E-state index in [0.717, 1.165) is 13.0 Å². The van der Waals surface area contributed by atoms with Crippen LogP contribution < -0.4 is 5.73 Å². The van der Waals surface area contributed by atoms with Crippen molar-refractivity contribution in [3.05, 3.63) is 35.4 Å². The molecule has 0 radical (unpaired) electrons. The topological polar surface area (TPSA) is 35.2 Å². The van der Waals surface area contributed by atoms with Gasteiger partial charge in [-0.2, -0.15) is 0 Å². The number of ether oxygens (including phenoxy) is 1. The van der Waals surface area contributed by atoms with Crippen LogP contribution in [0.2, 0.25) is 0 Å². The van der Waals surface area contributed by atoms with Crippen LogP contribution in [-0.2, 0) is 4.74 Å². The van der Waals surface area contributed by atoms with E-state index in [2.05, 4.69) is 19.1 Å². The highest BCUT2D eigenvalue weighted by Crippen LogP contribution is 2.26. The molecule has 1 aromatic rings. The summed E-state index contributed by atoms with van der Waals surface area (Å²) >= 11 is 0. The van der Waals surface area contributed by atoms with Gasteiger partial charge in [0.25, 0.3) is 0 Å². The molecule has 2 nitrogen and oxygen atoms in total. The van der Waals surface area contributed by atoms with Crippen molar-refractivity contribution in [1.29, 1.82) is 0 Å². The summed E-state index contributed by atoms with van der Waals surface area (Å²) < 4.78 is 5.72. The molecule has 2 N–H and O–H groups in total. The van der Waals surface area contributed by atoms with Crippen LogP contribution in [0.4, 0.5) is 0 Å². The van der Waals surface area contributed by atoms with Gasteiger partial charge in [0, 0.05) is 6.61 Å². The molecule has 2 rings (SSSR count). The Morgan fingerprint density at radius 1 is 1.33 bits per heavy atom. The minimum Gasteiger partial charge on any atom is -0.376 e. The predicted molar refractivity (Wildman–Crippen MR) is 61.7 cm³/mol. The fraction of sp³-hybridized carbons (Fsp3) is 0.538. The summed E-state index contributed by atoms with van der Waals surface area (Å²) in [5.41, 5.74) is 8.73. The van der Waals surface area contributed by atoms with Gasteiger partial charge in [-0.1, -0.05) is 24.3 Å². The van der Waals surface area contributed by atoms with Crippen LogP contribution in [0.1, 0.15) is 36.4 Å². The van der Waals surface area contributed by atoms with Gasteiger partial charge in [0.05, 0.1) is 12.1 Å². The van der Waals surface area contributed by atoms with Crippen molar-refractivity contribution < 1.29 is 4.74 Å². The van der Waals surface area contributed by atoms with Gasteiger partial charge in [0.2, 0.25) is 0 Å². The van der Waals surface area contributed by atoms with Crippen molar-refractivity contribution in [3.63, 3.8) is 0 Å². The summed E-state index contributed by atoms with van der Waals surface area (Å²) in [6.07, 6.45) is 3.72. The van der Waals surface area contributed by atoms with Crippen molar-refractivity contribution in [1.82, 2.24) is 0 Å². The lowest BCUT2D eigenvalue weighted by Crippen LogP contribution is -2.32. The maximum atomic E-state index is 6.25. The molecule has 0 saturated carbocycles. The summed E-state index contributed by atoms with van der Waals surface area (Å²) in [6.45, 7) is 2.97. The van der Waals surface area contributed by atoms with Crippen LogP contribution in [-0.4, -0.2) is 12.7 Å². The summed E-state index contributed by atoms with van der Waals surface area (Å²) in [6, 6.07) is 8.35. The first-order chi connectivity index (χ1) is 7.29. The predicted octanol–water partition coefficient (Wildman–Crippen LogP) is 2.56. The lowest BCUT2D eigenvalue weighted by molar-refractivity contribution is -0.000100. The van der Waals surface area contributed by atoms with Crippen molar-refractivity contribution in [2.75, 3.05) is 6.61 Å². The Hall–Kier alpha value is -0.860. The Balaban J connectivity index is 2.12. The fourth-order valence-electron chi connectivity index (χ4n) is 2.21. The second-order valence-corrected chi connectivity index (χ2v) is 4.29. The highest BCUT2D eigenvalue weighted by Gasteiger charge is 2.23. The van der Waals surface area contributed by atoms with Gasteiger partial charge in [-0.15, -0.1) is 0 Å². The van der Waals surface area contributed by atoms with E-state index < -0.39 is 0 Å². The normalized spacial score (nSPS) is 23.7. The van der Waals surface area contributed by atoms with E-state index >= 15 is 0 Å². The highest BCUT2D eigenvalue weighted by molar-refractivity contribution is 5.29. The Morgan fingerprint density at radius 2 is 2.13 bits per heavy atom. The molecule has 15 heavy (non-hydrogen) atoms. The maximum Gasteiger partial charge on any atom is 0.0767 e. The molecular formula is C13H19NO. The van der Waals surface area contributed by atoms with Crippen molar-refractivity contribution in [2.45, 2.75) is 38.3 Å². The summed E-state index contributed by atoms with van der Waals surface area (Å²) in [7, 11) is 0. The van der Waals surface area contributed by atoms with Gasteiger partial charge in [-0.05, 0) is 37.3 Å². The second-order valence-electron chi connectivity index (χ2n) is 4.29. The van der Waals surface area contributed by atoms with Crippen molar-refractivity contribution in [3.8, 4) is 0 Å². The molecule has 2 heteroatoms. The van der Waals surface area contributed by atoms with Gasteiger partial charge in [0.15, 0.2) is 0 Å². The lowest BCUT2D eigenvalue weighted by Gasteiger charge is -2.29. The SMILES string of the molecule is Cc1ccccc1C(N)C1CCCCO1. The van der Waals surface area contributed by atoms with Gasteiger partial charge in [-0.3, -0.25) is 0 Å².